The van der Waals surface area contributed by atoms with Gasteiger partial charge in [-0.05, 0) is 12.8 Å². The number of carbonyl (C=O) groups excluding carboxylic acids is 1. The number of carboxylic acid groups (broad SMARTS) is 1. The summed E-state index contributed by atoms with van der Waals surface area (Å²) in [6.45, 7) is 5.07. The Morgan fingerprint density at radius 1 is 1.44 bits per heavy atom. The molecule has 1 saturated carbocycles. The first-order chi connectivity index (χ1) is 8.58. The Kier molecular flexibility index (Phi) is 3.98. The molecule has 1 heterocycles. The molecule has 1 saturated heterocycles. The molecule has 2 rings (SSSR count). The average molecular weight is 254 g/mol. The Bertz CT molecular complexity index is 365. The van der Waals surface area contributed by atoms with E-state index in [0.29, 0.717) is 25.8 Å². The minimum atomic E-state index is -1.03. The predicted octanol–water partition coefficient (Wildman–Crippen LogP) is -0.393. The van der Waals surface area contributed by atoms with Crippen molar-refractivity contribution < 1.29 is 19.4 Å². The maximum absolute atomic E-state index is 12.0. The SMILES string of the molecule is C=C(CN1CCOCC1C(=O)NC1CC1)C(=O)O. The summed E-state index contributed by atoms with van der Waals surface area (Å²) >= 11 is 0. The summed E-state index contributed by atoms with van der Waals surface area (Å²) in [5.74, 6) is -1.10. The first-order valence-electron chi connectivity index (χ1n) is 6.11. The fourth-order valence-corrected chi connectivity index (χ4v) is 1.91. The summed E-state index contributed by atoms with van der Waals surface area (Å²) in [5.41, 5.74) is 0.0983. The number of morpholine rings is 1. The van der Waals surface area contributed by atoms with E-state index in [1.54, 1.807) is 0 Å². The summed E-state index contributed by atoms with van der Waals surface area (Å²) in [4.78, 5) is 24.6. The third kappa shape index (κ3) is 3.30. The van der Waals surface area contributed by atoms with Gasteiger partial charge in [-0.2, -0.15) is 0 Å². The van der Waals surface area contributed by atoms with Crippen molar-refractivity contribution in [1.82, 2.24) is 10.2 Å². The molecule has 0 aromatic heterocycles. The van der Waals surface area contributed by atoms with E-state index in [9.17, 15) is 9.59 Å². The molecule has 1 aliphatic heterocycles. The van der Waals surface area contributed by atoms with Crippen LogP contribution in [0, 0.1) is 0 Å². The lowest BCUT2D eigenvalue weighted by Crippen LogP contribution is -2.54. The van der Waals surface area contributed by atoms with E-state index in [0.717, 1.165) is 12.8 Å². The van der Waals surface area contributed by atoms with Crippen LogP contribution in [0.1, 0.15) is 12.8 Å². The molecule has 2 fully saturated rings. The highest BCUT2D eigenvalue weighted by molar-refractivity contribution is 5.87. The molecule has 100 valence electrons. The molecule has 18 heavy (non-hydrogen) atoms. The molecule has 0 aromatic carbocycles. The van der Waals surface area contributed by atoms with Gasteiger partial charge >= 0.3 is 5.97 Å². The largest absolute Gasteiger partial charge is 0.478 e. The highest BCUT2D eigenvalue weighted by Crippen LogP contribution is 2.19. The summed E-state index contributed by atoms with van der Waals surface area (Å²) in [7, 11) is 0. The minimum Gasteiger partial charge on any atom is -0.478 e. The van der Waals surface area contributed by atoms with Gasteiger partial charge in [0.1, 0.15) is 6.04 Å². The lowest BCUT2D eigenvalue weighted by molar-refractivity contribution is -0.136. The van der Waals surface area contributed by atoms with Crippen molar-refractivity contribution >= 4 is 11.9 Å². The van der Waals surface area contributed by atoms with Crippen LogP contribution in [0.4, 0.5) is 0 Å². The first kappa shape index (κ1) is 13.0. The van der Waals surface area contributed by atoms with E-state index < -0.39 is 12.0 Å². The molecular formula is C12H18N2O4. The standard InChI is InChI=1S/C12H18N2O4/c1-8(12(16)17)6-14-4-5-18-7-10(14)11(15)13-9-2-3-9/h9-10H,1-7H2,(H,13,15)(H,16,17). The second kappa shape index (κ2) is 5.49. The van der Waals surface area contributed by atoms with E-state index >= 15 is 0 Å². The zero-order valence-corrected chi connectivity index (χ0v) is 10.2. The van der Waals surface area contributed by atoms with Crippen LogP contribution in [-0.4, -0.2) is 60.3 Å². The third-order valence-corrected chi connectivity index (χ3v) is 3.16. The Balaban J connectivity index is 1.93. The number of ether oxygens (including phenoxy) is 1. The van der Waals surface area contributed by atoms with Crippen LogP contribution in [-0.2, 0) is 14.3 Å². The van der Waals surface area contributed by atoms with E-state index in [1.165, 1.54) is 0 Å². The minimum absolute atomic E-state index is 0.0737. The molecule has 6 heteroatoms. The van der Waals surface area contributed by atoms with Crippen molar-refractivity contribution in [2.24, 2.45) is 0 Å². The Labute approximate surface area is 106 Å². The number of carbonyl (C=O) groups is 2. The fourth-order valence-electron chi connectivity index (χ4n) is 1.91. The molecule has 0 aromatic rings. The zero-order chi connectivity index (χ0) is 13.1. The number of nitrogens with one attached hydrogen (secondary N) is 1. The topological polar surface area (TPSA) is 78.9 Å². The van der Waals surface area contributed by atoms with Gasteiger partial charge in [0.2, 0.25) is 5.91 Å². The smallest absolute Gasteiger partial charge is 0.332 e. The van der Waals surface area contributed by atoms with Gasteiger partial charge in [-0.1, -0.05) is 6.58 Å². The normalized spacial score (nSPS) is 24.6. The zero-order valence-electron chi connectivity index (χ0n) is 10.2. The van der Waals surface area contributed by atoms with Gasteiger partial charge in [0.25, 0.3) is 0 Å². The fraction of sp³-hybridized carbons (Fsp3) is 0.667. The number of rotatable bonds is 5. The van der Waals surface area contributed by atoms with Crippen molar-refractivity contribution in [2.75, 3.05) is 26.3 Å². The molecule has 0 radical (unpaired) electrons. The number of carboxylic acids is 1. The summed E-state index contributed by atoms with van der Waals surface area (Å²) < 4.78 is 5.30. The summed E-state index contributed by atoms with van der Waals surface area (Å²) in [6, 6.07) is -0.112. The van der Waals surface area contributed by atoms with Gasteiger partial charge in [-0.3, -0.25) is 9.69 Å². The quantitative estimate of drug-likeness (QED) is 0.653. The van der Waals surface area contributed by atoms with E-state index in [2.05, 4.69) is 11.9 Å². The number of aliphatic carboxylic acids is 1. The Morgan fingerprint density at radius 2 is 2.17 bits per heavy atom. The van der Waals surface area contributed by atoms with Gasteiger partial charge in [0.15, 0.2) is 0 Å². The van der Waals surface area contributed by atoms with Crippen LogP contribution in [0.2, 0.25) is 0 Å². The molecule has 1 unspecified atom stereocenters. The van der Waals surface area contributed by atoms with Crippen LogP contribution in [0.3, 0.4) is 0 Å². The first-order valence-corrected chi connectivity index (χ1v) is 6.11. The second-order valence-electron chi connectivity index (χ2n) is 4.75. The van der Waals surface area contributed by atoms with Crippen molar-refractivity contribution in [2.45, 2.75) is 24.9 Å². The number of hydrogen-bond donors (Lipinski definition) is 2. The molecule has 0 bridgehead atoms. The highest BCUT2D eigenvalue weighted by Gasteiger charge is 2.33. The van der Waals surface area contributed by atoms with Crippen LogP contribution >= 0.6 is 0 Å². The maximum atomic E-state index is 12.0. The summed E-state index contributed by atoms with van der Waals surface area (Å²) in [5, 5.41) is 11.8. The van der Waals surface area contributed by atoms with Crippen molar-refractivity contribution in [3.05, 3.63) is 12.2 Å². The lowest BCUT2D eigenvalue weighted by Gasteiger charge is -2.34. The second-order valence-corrected chi connectivity index (χ2v) is 4.75. The molecule has 2 aliphatic rings. The van der Waals surface area contributed by atoms with Crippen molar-refractivity contribution in [3.63, 3.8) is 0 Å². The van der Waals surface area contributed by atoms with Gasteiger partial charge in [-0.15, -0.1) is 0 Å². The van der Waals surface area contributed by atoms with E-state index in [1.807, 2.05) is 4.90 Å². The van der Waals surface area contributed by atoms with Gasteiger partial charge in [0.05, 0.1) is 13.2 Å². The van der Waals surface area contributed by atoms with Gasteiger partial charge in [-0.25, -0.2) is 4.79 Å². The monoisotopic (exact) mass is 254 g/mol. The van der Waals surface area contributed by atoms with Crippen molar-refractivity contribution in [3.8, 4) is 0 Å². The van der Waals surface area contributed by atoms with Crippen LogP contribution in [0.15, 0.2) is 12.2 Å². The number of amides is 1. The molecule has 6 nitrogen and oxygen atoms in total. The molecule has 2 N–H and O–H groups in total. The van der Waals surface area contributed by atoms with Gasteiger partial charge < -0.3 is 15.2 Å². The molecule has 1 atom stereocenters. The third-order valence-electron chi connectivity index (χ3n) is 3.16. The Morgan fingerprint density at radius 3 is 2.78 bits per heavy atom. The summed E-state index contributed by atoms with van der Waals surface area (Å²) in [6.07, 6.45) is 2.06. The lowest BCUT2D eigenvalue weighted by atomic mass is 10.1. The molecule has 1 amide bonds. The number of nitrogens with zero attached hydrogens (tertiary/aromatic N) is 1. The van der Waals surface area contributed by atoms with Crippen LogP contribution in [0.25, 0.3) is 0 Å². The van der Waals surface area contributed by atoms with Crippen LogP contribution < -0.4 is 5.32 Å². The molecule has 0 spiro atoms. The van der Waals surface area contributed by atoms with Crippen LogP contribution in [0.5, 0.6) is 0 Å². The van der Waals surface area contributed by atoms with E-state index in [4.69, 9.17) is 9.84 Å². The van der Waals surface area contributed by atoms with Crippen molar-refractivity contribution in [1.29, 1.82) is 0 Å². The van der Waals surface area contributed by atoms with Gasteiger partial charge in [0, 0.05) is 24.7 Å². The highest BCUT2D eigenvalue weighted by atomic mass is 16.5. The number of hydrogen-bond acceptors (Lipinski definition) is 4. The average Bonchev–Trinajstić information content (AvgIpc) is 3.13. The van der Waals surface area contributed by atoms with E-state index in [-0.39, 0.29) is 18.0 Å². The maximum Gasteiger partial charge on any atom is 0.332 e. The molecular weight excluding hydrogens is 236 g/mol. The molecule has 1 aliphatic carbocycles. The predicted molar refractivity (Wildman–Crippen MR) is 64.1 cm³/mol. The Hall–Kier alpha value is -1.40.